The molecule has 0 unspecified atom stereocenters. The quantitative estimate of drug-likeness (QED) is 0.717. The smallest absolute Gasteiger partial charge is 0.204 e. The van der Waals surface area contributed by atoms with Crippen LogP contribution in [0.2, 0.25) is 0 Å². The summed E-state index contributed by atoms with van der Waals surface area (Å²) in [6, 6.07) is 6.44. The molecule has 5 nitrogen and oxygen atoms in total. The van der Waals surface area contributed by atoms with Gasteiger partial charge in [-0.2, -0.15) is 0 Å². The molecule has 108 valence electrons. The monoisotopic (exact) mass is 350 g/mol. The molecule has 3 aromatic rings. The Labute approximate surface area is 127 Å². The lowest BCUT2D eigenvalue weighted by Gasteiger charge is -2.10. The molecule has 6 heteroatoms. The molecule has 2 aromatic carbocycles. The number of aromatic hydroxyl groups is 1. The molecule has 0 bridgehead atoms. The number of hydrogen-bond acceptors (Lipinski definition) is 5. The van der Waals surface area contributed by atoms with Gasteiger partial charge >= 0.3 is 0 Å². The van der Waals surface area contributed by atoms with E-state index in [0.717, 1.165) is 0 Å². The van der Waals surface area contributed by atoms with Crippen LogP contribution in [0, 0.1) is 0 Å². The van der Waals surface area contributed by atoms with Crippen molar-refractivity contribution in [1.29, 1.82) is 0 Å². The van der Waals surface area contributed by atoms with Gasteiger partial charge in [-0.3, -0.25) is 4.79 Å². The van der Waals surface area contributed by atoms with Crippen molar-refractivity contribution in [2.24, 2.45) is 0 Å². The second-order valence-corrected chi connectivity index (χ2v) is 5.18. The van der Waals surface area contributed by atoms with Gasteiger partial charge in [-0.25, -0.2) is 0 Å². The van der Waals surface area contributed by atoms with Gasteiger partial charge in [-0.15, -0.1) is 0 Å². The molecular weight excluding hydrogens is 340 g/mol. The lowest BCUT2D eigenvalue weighted by atomic mass is 10.1. The highest BCUT2D eigenvalue weighted by molar-refractivity contribution is 9.10. The number of phenolic OH excluding ortho intramolecular Hbond substituents is 1. The van der Waals surface area contributed by atoms with E-state index in [4.69, 9.17) is 13.9 Å². The van der Waals surface area contributed by atoms with Crippen LogP contribution in [0.5, 0.6) is 17.2 Å². The first-order valence-corrected chi connectivity index (χ1v) is 6.86. The third-order valence-corrected chi connectivity index (χ3v) is 4.03. The van der Waals surface area contributed by atoms with Crippen molar-refractivity contribution in [2.75, 3.05) is 14.2 Å². The maximum atomic E-state index is 12.7. The molecule has 0 fully saturated rings. The standard InChI is InChI=1S/C15H11BrO5/c1-19-9-5-3-4-7-13(18)11-10(20-2)6-8(17)12(16)15(11)21-14(7)9/h3-6,17H,1-2H3. The Kier molecular flexibility index (Phi) is 3.25. The van der Waals surface area contributed by atoms with E-state index in [-0.39, 0.29) is 27.9 Å². The highest BCUT2D eigenvalue weighted by Crippen LogP contribution is 2.39. The molecular formula is C15H11BrO5. The van der Waals surface area contributed by atoms with Crippen molar-refractivity contribution in [3.05, 3.63) is 39.0 Å². The van der Waals surface area contributed by atoms with Crippen LogP contribution in [0.15, 0.2) is 37.9 Å². The molecule has 0 aliphatic carbocycles. The molecule has 1 heterocycles. The van der Waals surface area contributed by atoms with E-state index in [1.54, 1.807) is 18.2 Å². The maximum absolute atomic E-state index is 12.7. The number of phenols is 1. The molecule has 1 N–H and O–H groups in total. The van der Waals surface area contributed by atoms with Gasteiger partial charge in [-0.05, 0) is 28.1 Å². The number of rotatable bonds is 2. The average Bonchev–Trinajstić information content (AvgIpc) is 2.50. The fraction of sp³-hybridized carbons (Fsp3) is 0.133. The number of fused-ring (bicyclic) bond motifs is 2. The molecule has 0 aliphatic heterocycles. The van der Waals surface area contributed by atoms with Crippen LogP contribution in [0.3, 0.4) is 0 Å². The van der Waals surface area contributed by atoms with E-state index in [0.29, 0.717) is 21.2 Å². The van der Waals surface area contributed by atoms with E-state index in [2.05, 4.69) is 15.9 Å². The number of hydrogen-bond donors (Lipinski definition) is 1. The van der Waals surface area contributed by atoms with Gasteiger partial charge in [0.2, 0.25) is 5.43 Å². The normalized spacial score (nSPS) is 11.0. The largest absolute Gasteiger partial charge is 0.506 e. The van der Waals surface area contributed by atoms with Crippen molar-refractivity contribution in [2.45, 2.75) is 0 Å². The Morgan fingerprint density at radius 1 is 1.14 bits per heavy atom. The summed E-state index contributed by atoms with van der Waals surface area (Å²) in [6.07, 6.45) is 0. The maximum Gasteiger partial charge on any atom is 0.204 e. The second kappa shape index (κ2) is 4.96. The van der Waals surface area contributed by atoms with Crippen molar-refractivity contribution < 1.29 is 19.0 Å². The molecule has 0 spiro atoms. The Morgan fingerprint density at radius 3 is 2.52 bits per heavy atom. The van der Waals surface area contributed by atoms with E-state index in [1.807, 2.05) is 0 Å². The minimum atomic E-state index is -0.247. The van der Waals surface area contributed by atoms with Crippen LogP contribution >= 0.6 is 15.9 Å². The van der Waals surface area contributed by atoms with Gasteiger partial charge in [0.05, 0.1) is 19.6 Å². The zero-order valence-electron chi connectivity index (χ0n) is 11.3. The van der Waals surface area contributed by atoms with Gasteiger partial charge < -0.3 is 19.0 Å². The van der Waals surface area contributed by atoms with Crippen LogP contribution in [0.1, 0.15) is 0 Å². The molecule has 0 saturated carbocycles. The molecule has 0 radical (unpaired) electrons. The number of methoxy groups -OCH3 is 2. The first kappa shape index (κ1) is 13.8. The van der Waals surface area contributed by atoms with Crippen LogP contribution in [-0.4, -0.2) is 19.3 Å². The molecule has 1 aromatic heterocycles. The molecule has 21 heavy (non-hydrogen) atoms. The molecule has 0 saturated heterocycles. The molecule has 0 aliphatic rings. The summed E-state index contributed by atoms with van der Waals surface area (Å²) in [4.78, 5) is 12.7. The number of halogens is 1. The Hall–Kier alpha value is -2.21. The predicted molar refractivity (Wildman–Crippen MR) is 82.5 cm³/mol. The molecule has 3 rings (SSSR count). The highest BCUT2D eigenvalue weighted by atomic mass is 79.9. The van der Waals surface area contributed by atoms with Crippen molar-refractivity contribution in [3.63, 3.8) is 0 Å². The van der Waals surface area contributed by atoms with Crippen molar-refractivity contribution in [1.82, 2.24) is 0 Å². The van der Waals surface area contributed by atoms with Gasteiger partial charge in [0.1, 0.15) is 21.4 Å². The van der Waals surface area contributed by atoms with Gasteiger partial charge in [0.25, 0.3) is 0 Å². The van der Waals surface area contributed by atoms with E-state index >= 15 is 0 Å². The fourth-order valence-electron chi connectivity index (χ4n) is 2.27. The van der Waals surface area contributed by atoms with Crippen LogP contribution < -0.4 is 14.9 Å². The summed E-state index contributed by atoms with van der Waals surface area (Å²) >= 11 is 3.23. The van der Waals surface area contributed by atoms with E-state index in [1.165, 1.54) is 20.3 Å². The summed E-state index contributed by atoms with van der Waals surface area (Å²) in [5.74, 6) is 0.627. The summed E-state index contributed by atoms with van der Waals surface area (Å²) in [5.41, 5.74) is 0.294. The van der Waals surface area contributed by atoms with Crippen molar-refractivity contribution in [3.8, 4) is 17.2 Å². The second-order valence-electron chi connectivity index (χ2n) is 4.38. The van der Waals surface area contributed by atoms with E-state index in [9.17, 15) is 9.90 Å². The first-order valence-electron chi connectivity index (χ1n) is 6.07. The summed E-state index contributed by atoms with van der Waals surface area (Å²) in [7, 11) is 2.92. The van der Waals surface area contributed by atoms with Crippen LogP contribution in [0.25, 0.3) is 21.9 Å². The third-order valence-electron chi connectivity index (χ3n) is 3.26. The number of para-hydroxylation sites is 1. The summed E-state index contributed by atoms with van der Waals surface area (Å²) < 4.78 is 16.5. The van der Waals surface area contributed by atoms with Gasteiger partial charge in [0, 0.05) is 6.07 Å². The predicted octanol–water partition coefficient (Wildman–Crippen LogP) is 3.43. The zero-order valence-corrected chi connectivity index (χ0v) is 12.9. The zero-order chi connectivity index (χ0) is 15.1. The first-order chi connectivity index (χ1) is 10.1. The Bertz CT molecular complexity index is 913. The van der Waals surface area contributed by atoms with Crippen molar-refractivity contribution >= 4 is 37.9 Å². The summed E-state index contributed by atoms with van der Waals surface area (Å²) in [6.45, 7) is 0. The lowest BCUT2D eigenvalue weighted by molar-refractivity contribution is 0.407. The average molecular weight is 351 g/mol. The lowest BCUT2D eigenvalue weighted by Crippen LogP contribution is -2.05. The minimum absolute atomic E-state index is 0.0725. The number of benzene rings is 2. The fourth-order valence-corrected chi connectivity index (χ4v) is 2.66. The Balaban J connectivity index is 2.63. The van der Waals surface area contributed by atoms with Gasteiger partial charge in [-0.1, -0.05) is 6.07 Å². The topological polar surface area (TPSA) is 68.9 Å². The van der Waals surface area contributed by atoms with Gasteiger partial charge in [0.15, 0.2) is 16.9 Å². The summed E-state index contributed by atoms with van der Waals surface area (Å²) in [5, 5.41) is 10.6. The Morgan fingerprint density at radius 2 is 1.86 bits per heavy atom. The van der Waals surface area contributed by atoms with E-state index < -0.39 is 0 Å². The number of ether oxygens (including phenoxy) is 2. The molecule has 0 amide bonds. The molecule has 0 atom stereocenters. The third kappa shape index (κ3) is 1.94. The van der Waals surface area contributed by atoms with Crippen LogP contribution in [-0.2, 0) is 0 Å². The minimum Gasteiger partial charge on any atom is -0.506 e. The SMILES string of the molecule is COc1cccc2c(=O)c3c(OC)cc(O)c(Br)c3oc12. The van der Waals surface area contributed by atoms with Crippen LogP contribution in [0.4, 0.5) is 0 Å². The highest BCUT2D eigenvalue weighted by Gasteiger charge is 2.19.